The van der Waals surface area contributed by atoms with Gasteiger partial charge in [0.05, 0.1) is 30.3 Å². The highest BCUT2D eigenvalue weighted by Crippen LogP contribution is 2.59. The molecule has 0 saturated carbocycles. The van der Waals surface area contributed by atoms with E-state index >= 15 is 8.78 Å². The van der Waals surface area contributed by atoms with E-state index in [1.807, 2.05) is 58.0 Å². The Kier molecular flexibility index (Phi) is 11.0. The van der Waals surface area contributed by atoms with Crippen LogP contribution in [0.1, 0.15) is 74.4 Å². The van der Waals surface area contributed by atoms with Gasteiger partial charge in [0.15, 0.2) is 17.7 Å². The molecule has 2 aromatic carbocycles. The maximum Gasteiger partial charge on any atom is 0.407 e. The minimum absolute atomic E-state index is 0.0663. The second kappa shape index (κ2) is 14.9. The van der Waals surface area contributed by atoms with Crippen molar-refractivity contribution in [2.24, 2.45) is 5.41 Å². The first kappa shape index (κ1) is 36.3. The number of amides is 2. The molecule has 0 radical (unpaired) electrons. The van der Waals surface area contributed by atoms with Crippen LogP contribution in [0.25, 0.3) is 11.1 Å². The van der Waals surface area contributed by atoms with Crippen molar-refractivity contribution in [2.45, 2.75) is 70.8 Å². The molecule has 0 spiro atoms. The fourth-order valence-corrected chi connectivity index (χ4v) is 7.02. The number of carbonyl (C=O) groups is 2. The van der Waals surface area contributed by atoms with Crippen molar-refractivity contribution in [1.82, 2.24) is 15.6 Å². The summed E-state index contributed by atoms with van der Waals surface area (Å²) in [4.78, 5) is 30.1. The Balaban J connectivity index is 1.67. The second-order valence-corrected chi connectivity index (χ2v) is 13.5. The molecule has 0 aliphatic carbocycles. The van der Waals surface area contributed by atoms with E-state index in [1.165, 1.54) is 14.2 Å². The van der Waals surface area contributed by atoms with E-state index in [0.29, 0.717) is 17.7 Å². The summed E-state index contributed by atoms with van der Waals surface area (Å²) >= 11 is 6.74. The number of ether oxygens (including phenoxy) is 5. The van der Waals surface area contributed by atoms with Crippen LogP contribution < -0.4 is 20.1 Å². The van der Waals surface area contributed by atoms with Crippen molar-refractivity contribution >= 4 is 23.6 Å². The summed E-state index contributed by atoms with van der Waals surface area (Å²) in [6.07, 6.45) is 2.78. The third-order valence-electron chi connectivity index (χ3n) is 9.02. The van der Waals surface area contributed by atoms with Gasteiger partial charge in [0.2, 0.25) is 0 Å². The number of hydrogen-bond donors (Lipinski definition) is 2. The first-order valence-corrected chi connectivity index (χ1v) is 16.6. The maximum atomic E-state index is 16.8. The highest BCUT2D eigenvalue weighted by molar-refractivity contribution is 6.34. The topological polar surface area (TPSA) is 117 Å². The zero-order valence-electron chi connectivity index (χ0n) is 28.5. The monoisotopic (exact) mass is 701 g/mol. The molecule has 13 heteroatoms. The summed E-state index contributed by atoms with van der Waals surface area (Å²) in [7, 11) is 2.64. The van der Waals surface area contributed by atoms with Crippen LogP contribution in [0.3, 0.4) is 0 Å². The van der Waals surface area contributed by atoms with E-state index in [9.17, 15) is 9.59 Å². The molecule has 0 bridgehead atoms. The number of nitrogens with zero attached hydrogens (tertiary/aromatic N) is 1. The molecule has 2 amide bonds. The average Bonchev–Trinajstić information content (AvgIpc) is 3.38. The zero-order chi connectivity index (χ0) is 35.5. The van der Waals surface area contributed by atoms with Crippen LogP contribution in [-0.4, -0.2) is 63.3 Å². The van der Waals surface area contributed by atoms with Crippen molar-refractivity contribution < 1.29 is 42.1 Å². The van der Waals surface area contributed by atoms with Crippen molar-refractivity contribution in [2.75, 3.05) is 34.0 Å². The minimum atomic E-state index is -1.38. The van der Waals surface area contributed by atoms with Crippen LogP contribution in [0.4, 0.5) is 13.6 Å². The normalized spacial score (nSPS) is 20.9. The van der Waals surface area contributed by atoms with E-state index in [-0.39, 0.29) is 41.9 Å². The van der Waals surface area contributed by atoms with Crippen molar-refractivity contribution in [3.8, 4) is 22.8 Å². The number of hydrogen-bond acceptors (Lipinski definition) is 8. The second-order valence-electron chi connectivity index (χ2n) is 13.1. The van der Waals surface area contributed by atoms with Crippen LogP contribution in [0.5, 0.6) is 11.6 Å². The smallest absolute Gasteiger partial charge is 0.407 e. The predicted molar refractivity (Wildman–Crippen MR) is 179 cm³/mol. The Morgan fingerprint density at radius 3 is 2.51 bits per heavy atom. The Morgan fingerprint density at radius 1 is 1.14 bits per heavy atom. The number of nitrogens with one attached hydrogen (secondary N) is 2. The molecule has 4 atom stereocenters. The molecule has 49 heavy (non-hydrogen) atoms. The van der Waals surface area contributed by atoms with Crippen molar-refractivity contribution in [3.63, 3.8) is 0 Å². The third-order valence-corrected chi connectivity index (χ3v) is 9.39. The lowest BCUT2D eigenvalue weighted by Gasteiger charge is -2.46. The molecule has 2 aliphatic heterocycles. The highest BCUT2D eigenvalue weighted by atomic mass is 35.5. The lowest BCUT2D eigenvalue weighted by molar-refractivity contribution is -0.165. The lowest BCUT2D eigenvalue weighted by atomic mass is 9.66. The number of pyridine rings is 1. The number of benzene rings is 2. The van der Waals surface area contributed by atoms with Gasteiger partial charge in [-0.2, -0.15) is 0 Å². The van der Waals surface area contributed by atoms with E-state index in [4.69, 9.17) is 35.3 Å². The molecule has 264 valence electrons. The molecule has 2 N–H and O–H groups in total. The number of methoxy groups -OCH3 is 1. The van der Waals surface area contributed by atoms with Gasteiger partial charge in [-0.05, 0) is 30.2 Å². The van der Waals surface area contributed by atoms with Gasteiger partial charge in [0.1, 0.15) is 18.2 Å². The van der Waals surface area contributed by atoms with E-state index in [2.05, 4.69) is 15.6 Å². The standard InChI is InChI=1S/C36H42ClF2N3O7/c1-20-26-24(49-36(20,21-12-8-7-9-13-21)33(35(2,3)4)42-34(44)45-6)18-23(38)29(37)28(26)27-22(31(43)40-5)19-41-32(30(27)39)48-17-16-47-25-14-10-11-15-46-25/h7-9,12-13,18-20,25,33H,10-11,14-17H2,1-6H3,(H,40,43)(H,42,44). The molecular weight excluding hydrogens is 660 g/mol. The van der Waals surface area contributed by atoms with Gasteiger partial charge in [0, 0.05) is 48.5 Å². The molecule has 3 aromatic rings. The Morgan fingerprint density at radius 2 is 1.88 bits per heavy atom. The van der Waals surface area contributed by atoms with Gasteiger partial charge >= 0.3 is 6.09 Å². The Bertz CT molecular complexity index is 1680. The minimum Gasteiger partial charge on any atom is -0.479 e. The van der Waals surface area contributed by atoms with E-state index in [1.54, 1.807) is 0 Å². The summed E-state index contributed by atoms with van der Waals surface area (Å²) in [5.41, 5.74) is -1.66. The van der Waals surface area contributed by atoms with Crippen LogP contribution in [-0.2, 0) is 19.8 Å². The van der Waals surface area contributed by atoms with Gasteiger partial charge < -0.3 is 34.3 Å². The summed E-state index contributed by atoms with van der Waals surface area (Å²) < 4.78 is 61.4. The number of halogens is 3. The molecule has 1 aromatic heterocycles. The third kappa shape index (κ3) is 7.04. The summed E-state index contributed by atoms with van der Waals surface area (Å²) in [5.74, 6) is -3.67. The predicted octanol–water partition coefficient (Wildman–Crippen LogP) is 7.12. The van der Waals surface area contributed by atoms with Crippen LogP contribution in [0.15, 0.2) is 42.6 Å². The molecule has 1 saturated heterocycles. The number of alkyl carbamates (subject to hydrolysis) is 1. The van der Waals surface area contributed by atoms with Crippen LogP contribution in [0, 0.1) is 17.0 Å². The van der Waals surface area contributed by atoms with Crippen molar-refractivity contribution in [3.05, 3.63) is 75.9 Å². The van der Waals surface area contributed by atoms with Crippen LogP contribution >= 0.6 is 11.6 Å². The van der Waals surface area contributed by atoms with Crippen molar-refractivity contribution in [1.29, 1.82) is 0 Å². The quantitative estimate of drug-likeness (QED) is 0.215. The average molecular weight is 702 g/mol. The molecule has 2 aliphatic rings. The van der Waals surface area contributed by atoms with Gasteiger partial charge in [-0.25, -0.2) is 18.6 Å². The first-order chi connectivity index (χ1) is 23.3. The Labute approximate surface area is 289 Å². The maximum absolute atomic E-state index is 16.8. The number of rotatable bonds is 10. The lowest BCUT2D eigenvalue weighted by Crippen LogP contribution is -2.60. The molecule has 4 unspecified atom stereocenters. The van der Waals surface area contributed by atoms with E-state index in [0.717, 1.165) is 31.5 Å². The fourth-order valence-electron chi connectivity index (χ4n) is 6.77. The number of fused-ring (bicyclic) bond motifs is 1. The fraction of sp³-hybridized carbons (Fsp3) is 0.472. The number of aromatic nitrogens is 1. The molecule has 10 nitrogen and oxygen atoms in total. The molecule has 5 rings (SSSR count). The largest absolute Gasteiger partial charge is 0.479 e. The van der Waals surface area contributed by atoms with Gasteiger partial charge in [-0.1, -0.05) is 69.6 Å². The Hall–Kier alpha value is -4.00. The zero-order valence-corrected chi connectivity index (χ0v) is 29.2. The van der Waals surface area contributed by atoms with Gasteiger partial charge in [0.25, 0.3) is 11.8 Å². The molecule has 1 fully saturated rings. The van der Waals surface area contributed by atoms with Crippen LogP contribution in [0.2, 0.25) is 5.02 Å². The van der Waals surface area contributed by atoms with E-state index < -0.39 is 57.5 Å². The molecular formula is C36H42ClF2N3O7. The first-order valence-electron chi connectivity index (χ1n) is 16.2. The summed E-state index contributed by atoms with van der Waals surface area (Å²) in [6, 6.07) is 9.52. The molecule has 3 heterocycles. The summed E-state index contributed by atoms with van der Waals surface area (Å²) in [6.45, 7) is 8.23. The SMILES string of the molecule is CNC(=O)c1cnc(OCCOC2CCCCO2)c(F)c1-c1c(Cl)c(F)cc2c1C(C)C(c1ccccc1)(C(NC(=O)OC)C(C)(C)C)O2. The van der Waals surface area contributed by atoms with Gasteiger partial charge in [-0.3, -0.25) is 4.79 Å². The van der Waals surface area contributed by atoms with Gasteiger partial charge in [-0.15, -0.1) is 0 Å². The summed E-state index contributed by atoms with van der Waals surface area (Å²) in [5, 5.41) is 5.02. The number of carbonyl (C=O) groups excluding carboxylic acids is 2. The highest BCUT2D eigenvalue weighted by Gasteiger charge is 2.58.